The Morgan fingerprint density at radius 3 is 3.00 bits per heavy atom. The SMILES string of the molecule is O=C1COc2c(cc(Cl)cc2NC2CCN(Cc3cscn3)CC2)N1. The van der Waals surface area contributed by atoms with Crippen LogP contribution in [-0.4, -0.2) is 41.5 Å². The summed E-state index contributed by atoms with van der Waals surface area (Å²) in [5.41, 5.74) is 4.50. The Morgan fingerprint density at radius 1 is 1.40 bits per heavy atom. The summed E-state index contributed by atoms with van der Waals surface area (Å²) in [6.45, 7) is 3.00. The molecule has 2 N–H and O–H groups in total. The molecule has 0 radical (unpaired) electrons. The van der Waals surface area contributed by atoms with E-state index in [0.717, 1.165) is 43.9 Å². The highest BCUT2D eigenvalue weighted by Crippen LogP contribution is 2.39. The summed E-state index contributed by atoms with van der Waals surface area (Å²) in [7, 11) is 0. The minimum atomic E-state index is -0.156. The summed E-state index contributed by atoms with van der Waals surface area (Å²) >= 11 is 7.83. The standard InChI is InChI=1S/C17H19ClN4O2S/c18-11-5-14(17-15(6-11)21-16(23)8-24-17)20-12-1-3-22(4-2-12)7-13-9-25-10-19-13/h5-6,9-10,12,20H,1-4,7-8H2,(H,21,23). The predicted octanol–water partition coefficient (Wildman–Crippen LogP) is 3.20. The Labute approximate surface area is 155 Å². The minimum absolute atomic E-state index is 0.0371. The van der Waals surface area contributed by atoms with Gasteiger partial charge in [0, 0.05) is 36.1 Å². The van der Waals surface area contributed by atoms with Crippen molar-refractivity contribution in [2.45, 2.75) is 25.4 Å². The number of rotatable bonds is 4. The van der Waals surface area contributed by atoms with E-state index in [4.69, 9.17) is 16.3 Å². The van der Waals surface area contributed by atoms with Crippen LogP contribution in [0.1, 0.15) is 18.5 Å². The summed E-state index contributed by atoms with van der Waals surface area (Å²) in [6, 6.07) is 3.94. The normalized spacial score (nSPS) is 18.4. The van der Waals surface area contributed by atoms with Crippen LogP contribution in [0.2, 0.25) is 5.02 Å². The van der Waals surface area contributed by atoms with Gasteiger partial charge in [0.1, 0.15) is 0 Å². The van der Waals surface area contributed by atoms with Crippen molar-refractivity contribution >= 4 is 40.2 Å². The molecule has 3 heterocycles. The van der Waals surface area contributed by atoms with Crippen molar-refractivity contribution in [3.63, 3.8) is 0 Å². The van der Waals surface area contributed by atoms with Gasteiger partial charge in [0.05, 0.1) is 22.6 Å². The van der Waals surface area contributed by atoms with Crippen LogP contribution in [0.3, 0.4) is 0 Å². The number of halogens is 1. The highest BCUT2D eigenvalue weighted by atomic mass is 35.5. The van der Waals surface area contributed by atoms with Crippen molar-refractivity contribution < 1.29 is 9.53 Å². The topological polar surface area (TPSA) is 66.5 Å². The Balaban J connectivity index is 1.39. The molecule has 2 aliphatic rings. The minimum Gasteiger partial charge on any atom is -0.479 e. The Bertz CT molecular complexity index is 760. The summed E-state index contributed by atoms with van der Waals surface area (Å²) in [4.78, 5) is 18.3. The molecule has 1 fully saturated rings. The number of fused-ring (bicyclic) bond motifs is 1. The first-order chi connectivity index (χ1) is 12.2. The van der Waals surface area contributed by atoms with Gasteiger partial charge < -0.3 is 15.4 Å². The van der Waals surface area contributed by atoms with Crippen LogP contribution in [0, 0.1) is 0 Å². The molecular formula is C17H19ClN4O2S. The fraction of sp³-hybridized carbons (Fsp3) is 0.412. The van der Waals surface area contributed by atoms with Crippen LogP contribution in [0.15, 0.2) is 23.0 Å². The molecule has 2 aromatic rings. The van der Waals surface area contributed by atoms with Gasteiger partial charge in [-0.15, -0.1) is 11.3 Å². The van der Waals surface area contributed by atoms with Crippen molar-refractivity contribution in [2.75, 3.05) is 30.3 Å². The third-order valence-corrected chi connectivity index (χ3v) is 5.35. The number of piperidine rings is 1. The zero-order valence-electron chi connectivity index (χ0n) is 13.6. The molecule has 0 spiro atoms. The lowest BCUT2D eigenvalue weighted by Crippen LogP contribution is -2.39. The van der Waals surface area contributed by atoms with Crippen molar-refractivity contribution in [2.24, 2.45) is 0 Å². The van der Waals surface area contributed by atoms with Crippen molar-refractivity contribution in [3.8, 4) is 5.75 Å². The van der Waals surface area contributed by atoms with Gasteiger partial charge in [-0.25, -0.2) is 4.98 Å². The van der Waals surface area contributed by atoms with Crippen LogP contribution in [0.4, 0.5) is 11.4 Å². The average molecular weight is 379 g/mol. The summed E-state index contributed by atoms with van der Waals surface area (Å²) in [5, 5.41) is 9.03. The highest BCUT2D eigenvalue weighted by molar-refractivity contribution is 7.07. The zero-order chi connectivity index (χ0) is 17.2. The molecule has 25 heavy (non-hydrogen) atoms. The number of aromatic nitrogens is 1. The molecule has 1 aromatic heterocycles. The average Bonchev–Trinajstić information content (AvgIpc) is 3.09. The summed E-state index contributed by atoms with van der Waals surface area (Å²) in [6.07, 6.45) is 2.08. The van der Waals surface area contributed by atoms with E-state index in [1.54, 1.807) is 17.4 Å². The fourth-order valence-electron chi connectivity index (χ4n) is 3.27. The molecule has 0 atom stereocenters. The van der Waals surface area contributed by atoms with Gasteiger partial charge in [0.2, 0.25) is 0 Å². The third-order valence-electron chi connectivity index (χ3n) is 4.49. The molecule has 2 aliphatic heterocycles. The van der Waals surface area contributed by atoms with E-state index in [0.29, 0.717) is 22.5 Å². The van der Waals surface area contributed by atoms with Crippen molar-refractivity contribution in [1.29, 1.82) is 0 Å². The van der Waals surface area contributed by atoms with Gasteiger partial charge >= 0.3 is 0 Å². The lowest BCUT2D eigenvalue weighted by atomic mass is 10.0. The number of ether oxygens (including phenoxy) is 1. The first-order valence-electron chi connectivity index (χ1n) is 8.29. The second kappa shape index (κ2) is 7.19. The summed E-state index contributed by atoms with van der Waals surface area (Å²) in [5.74, 6) is 0.518. The molecular weight excluding hydrogens is 360 g/mol. The molecule has 0 bridgehead atoms. The number of anilines is 2. The predicted molar refractivity (Wildman–Crippen MR) is 99.6 cm³/mol. The van der Waals surface area contributed by atoms with Crippen molar-refractivity contribution in [3.05, 3.63) is 33.7 Å². The fourth-order valence-corrected chi connectivity index (χ4v) is 4.04. The van der Waals surface area contributed by atoms with Gasteiger partial charge in [-0.2, -0.15) is 0 Å². The van der Waals surface area contributed by atoms with E-state index in [-0.39, 0.29) is 12.5 Å². The van der Waals surface area contributed by atoms with Crippen LogP contribution in [0.25, 0.3) is 0 Å². The zero-order valence-corrected chi connectivity index (χ0v) is 15.2. The number of hydrogen-bond acceptors (Lipinski definition) is 6. The van der Waals surface area contributed by atoms with E-state index in [1.807, 2.05) is 11.6 Å². The lowest BCUT2D eigenvalue weighted by molar-refractivity contribution is -0.118. The van der Waals surface area contributed by atoms with Gasteiger partial charge in [-0.1, -0.05) is 11.6 Å². The van der Waals surface area contributed by atoms with Crippen LogP contribution < -0.4 is 15.4 Å². The number of carbonyl (C=O) groups excluding carboxylic acids is 1. The van der Waals surface area contributed by atoms with Gasteiger partial charge in [-0.05, 0) is 25.0 Å². The molecule has 4 rings (SSSR count). The Kier molecular flexibility index (Phi) is 4.78. The molecule has 0 saturated carbocycles. The monoisotopic (exact) mass is 378 g/mol. The lowest BCUT2D eigenvalue weighted by Gasteiger charge is -2.33. The van der Waals surface area contributed by atoms with Crippen LogP contribution in [-0.2, 0) is 11.3 Å². The maximum Gasteiger partial charge on any atom is 0.262 e. The molecule has 0 unspecified atom stereocenters. The number of amides is 1. The Hall–Kier alpha value is -1.83. The number of thiazole rings is 1. The maximum atomic E-state index is 11.5. The van der Waals surface area contributed by atoms with E-state index in [2.05, 4.69) is 25.9 Å². The third kappa shape index (κ3) is 3.89. The first kappa shape index (κ1) is 16.6. The van der Waals surface area contributed by atoms with Crippen molar-refractivity contribution in [1.82, 2.24) is 9.88 Å². The maximum absolute atomic E-state index is 11.5. The van der Waals surface area contributed by atoms with E-state index in [9.17, 15) is 4.79 Å². The van der Waals surface area contributed by atoms with E-state index < -0.39 is 0 Å². The largest absolute Gasteiger partial charge is 0.479 e. The second-order valence-corrected chi connectivity index (χ2v) is 7.50. The molecule has 1 saturated heterocycles. The molecule has 0 aliphatic carbocycles. The van der Waals surface area contributed by atoms with Crippen LogP contribution >= 0.6 is 22.9 Å². The number of nitrogens with one attached hydrogen (secondary N) is 2. The smallest absolute Gasteiger partial charge is 0.262 e. The Morgan fingerprint density at radius 2 is 2.24 bits per heavy atom. The van der Waals surface area contributed by atoms with E-state index >= 15 is 0 Å². The number of carbonyl (C=O) groups is 1. The summed E-state index contributed by atoms with van der Waals surface area (Å²) < 4.78 is 5.60. The number of benzene rings is 1. The van der Waals surface area contributed by atoms with Gasteiger partial charge in [-0.3, -0.25) is 9.69 Å². The quantitative estimate of drug-likeness (QED) is 0.855. The molecule has 8 heteroatoms. The first-order valence-corrected chi connectivity index (χ1v) is 9.61. The van der Waals surface area contributed by atoms with Gasteiger partial charge in [0.25, 0.3) is 5.91 Å². The molecule has 132 valence electrons. The number of likely N-dealkylation sites (tertiary alicyclic amines) is 1. The van der Waals surface area contributed by atoms with Crippen LogP contribution in [0.5, 0.6) is 5.75 Å². The second-order valence-electron chi connectivity index (χ2n) is 6.34. The highest BCUT2D eigenvalue weighted by Gasteiger charge is 2.24. The molecule has 6 nitrogen and oxygen atoms in total. The number of hydrogen-bond donors (Lipinski definition) is 2. The molecule has 1 aromatic carbocycles. The van der Waals surface area contributed by atoms with E-state index in [1.165, 1.54) is 0 Å². The number of nitrogens with zero attached hydrogens (tertiary/aromatic N) is 2. The van der Waals surface area contributed by atoms with Gasteiger partial charge in [0.15, 0.2) is 12.4 Å². The molecule has 1 amide bonds.